The van der Waals surface area contributed by atoms with Crippen molar-refractivity contribution in [3.63, 3.8) is 0 Å². The van der Waals surface area contributed by atoms with Crippen LogP contribution in [0.1, 0.15) is 39.5 Å². The number of rotatable bonds is 13. The third-order valence-corrected chi connectivity index (χ3v) is 3.97. The average Bonchev–Trinajstić information content (AvgIpc) is 2.61. The second kappa shape index (κ2) is 13.1. The molecule has 10 nitrogen and oxygen atoms in total. The Balaban J connectivity index is 4.15. The summed E-state index contributed by atoms with van der Waals surface area (Å²) in [5.41, 5.74) is 11.0. The van der Waals surface area contributed by atoms with E-state index in [1.54, 1.807) is 6.92 Å². The minimum atomic E-state index is -1.13. The Morgan fingerprint density at radius 3 is 2.19 bits per heavy atom. The van der Waals surface area contributed by atoms with Crippen LogP contribution in [0.5, 0.6) is 0 Å². The van der Waals surface area contributed by atoms with Crippen molar-refractivity contribution in [1.82, 2.24) is 16.0 Å². The summed E-state index contributed by atoms with van der Waals surface area (Å²) >= 11 is 0. The van der Waals surface area contributed by atoms with Crippen LogP contribution in [0.4, 0.5) is 0 Å². The summed E-state index contributed by atoms with van der Waals surface area (Å²) in [5.74, 6) is -3.01. The molecule has 0 radical (unpaired) electrons. The molecule has 150 valence electrons. The molecule has 0 saturated carbocycles. The van der Waals surface area contributed by atoms with Crippen LogP contribution in [0, 0.1) is 5.92 Å². The lowest BCUT2D eigenvalue weighted by Gasteiger charge is -2.20. The maximum atomic E-state index is 11.8. The summed E-state index contributed by atoms with van der Waals surface area (Å²) in [5, 5.41) is 16.2. The van der Waals surface area contributed by atoms with Gasteiger partial charge in [0.2, 0.25) is 17.7 Å². The summed E-state index contributed by atoms with van der Waals surface area (Å²) in [7, 11) is 0. The van der Waals surface area contributed by atoms with Crippen molar-refractivity contribution < 1.29 is 24.3 Å². The van der Waals surface area contributed by atoms with Crippen LogP contribution in [0.25, 0.3) is 0 Å². The Kier molecular flexibility index (Phi) is 12.0. The number of hydrogen-bond donors (Lipinski definition) is 6. The Labute approximate surface area is 153 Å². The zero-order valence-corrected chi connectivity index (χ0v) is 15.4. The molecule has 10 heteroatoms. The Hall–Kier alpha value is -2.20. The third-order valence-electron chi connectivity index (χ3n) is 3.97. The largest absolute Gasteiger partial charge is 0.480 e. The summed E-state index contributed by atoms with van der Waals surface area (Å²) in [6.45, 7) is 3.36. The monoisotopic (exact) mass is 373 g/mol. The summed E-state index contributed by atoms with van der Waals surface area (Å²) in [6.07, 6.45) is 2.55. The van der Waals surface area contributed by atoms with Gasteiger partial charge in [-0.25, -0.2) is 4.79 Å². The lowest BCUT2D eigenvalue weighted by atomic mass is 9.99. The number of carbonyl (C=O) groups is 4. The predicted octanol–water partition coefficient (Wildman–Crippen LogP) is -1.71. The first-order valence-electron chi connectivity index (χ1n) is 8.75. The fraction of sp³-hybridized carbons (Fsp3) is 0.750. The molecule has 0 bridgehead atoms. The van der Waals surface area contributed by atoms with Gasteiger partial charge in [-0.2, -0.15) is 0 Å². The van der Waals surface area contributed by atoms with Crippen LogP contribution in [-0.2, 0) is 19.2 Å². The molecule has 0 aliphatic carbocycles. The zero-order chi connectivity index (χ0) is 20.1. The van der Waals surface area contributed by atoms with Crippen LogP contribution >= 0.6 is 0 Å². The van der Waals surface area contributed by atoms with Gasteiger partial charge in [-0.15, -0.1) is 0 Å². The molecule has 3 unspecified atom stereocenters. The summed E-state index contributed by atoms with van der Waals surface area (Å²) in [4.78, 5) is 46.3. The third kappa shape index (κ3) is 9.94. The van der Waals surface area contributed by atoms with Crippen molar-refractivity contribution in [3.8, 4) is 0 Å². The molecule has 0 aromatic carbocycles. The van der Waals surface area contributed by atoms with Gasteiger partial charge in [0.15, 0.2) is 0 Å². The number of unbranched alkanes of at least 4 members (excludes halogenated alkanes) is 1. The minimum absolute atomic E-state index is 0.243. The van der Waals surface area contributed by atoms with E-state index in [4.69, 9.17) is 16.6 Å². The van der Waals surface area contributed by atoms with Gasteiger partial charge < -0.3 is 32.5 Å². The standard InChI is InChI=1S/C16H31N5O5/c1-3-10(2)14(16(25)26)21-13(23)9-19-12(22)8-20-15(24)11(18)6-4-5-7-17/h10-11,14H,3-9,17-18H2,1-2H3,(H,19,22)(H,20,24)(H,21,23)(H,25,26). The van der Waals surface area contributed by atoms with Crippen molar-refractivity contribution in [2.75, 3.05) is 19.6 Å². The Morgan fingerprint density at radius 1 is 1.04 bits per heavy atom. The molecule has 26 heavy (non-hydrogen) atoms. The average molecular weight is 373 g/mol. The van der Waals surface area contributed by atoms with Gasteiger partial charge >= 0.3 is 5.97 Å². The van der Waals surface area contributed by atoms with Crippen LogP contribution in [0.2, 0.25) is 0 Å². The van der Waals surface area contributed by atoms with Gasteiger partial charge in [-0.3, -0.25) is 14.4 Å². The molecule has 0 aliphatic heterocycles. The van der Waals surface area contributed by atoms with Crippen molar-refractivity contribution in [3.05, 3.63) is 0 Å². The topological polar surface area (TPSA) is 177 Å². The van der Waals surface area contributed by atoms with E-state index in [1.807, 2.05) is 6.92 Å². The minimum Gasteiger partial charge on any atom is -0.480 e. The number of amides is 3. The molecule has 0 spiro atoms. The number of aliphatic carboxylic acids is 1. The van der Waals surface area contributed by atoms with Gasteiger partial charge in [0.05, 0.1) is 19.1 Å². The molecule has 0 saturated heterocycles. The number of nitrogens with two attached hydrogens (primary N) is 2. The zero-order valence-electron chi connectivity index (χ0n) is 15.4. The van der Waals surface area contributed by atoms with Gasteiger partial charge in [0.1, 0.15) is 6.04 Å². The maximum absolute atomic E-state index is 11.8. The first-order chi connectivity index (χ1) is 12.2. The first kappa shape index (κ1) is 23.8. The number of hydrogen-bond acceptors (Lipinski definition) is 6. The molecule has 0 aromatic rings. The quantitative estimate of drug-likeness (QED) is 0.208. The smallest absolute Gasteiger partial charge is 0.326 e. The highest BCUT2D eigenvalue weighted by molar-refractivity contribution is 5.90. The van der Waals surface area contributed by atoms with E-state index in [0.717, 1.165) is 12.8 Å². The van der Waals surface area contributed by atoms with Gasteiger partial charge in [0, 0.05) is 0 Å². The van der Waals surface area contributed by atoms with Crippen molar-refractivity contribution in [2.45, 2.75) is 51.6 Å². The lowest BCUT2D eigenvalue weighted by molar-refractivity contribution is -0.143. The first-order valence-corrected chi connectivity index (χ1v) is 8.75. The fourth-order valence-electron chi connectivity index (χ4n) is 2.09. The maximum Gasteiger partial charge on any atom is 0.326 e. The van der Waals surface area contributed by atoms with E-state index in [2.05, 4.69) is 16.0 Å². The molecule has 8 N–H and O–H groups in total. The highest BCUT2D eigenvalue weighted by Gasteiger charge is 2.25. The second-order valence-corrected chi connectivity index (χ2v) is 6.15. The highest BCUT2D eigenvalue weighted by Crippen LogP contribution is 2.07. The summed E-state index contributed by atoms with van der Waals surface area (Å²) < 4.78 is 0. The van der Waals surface area contributed by atoms with E-state index in [-0.39, 0.29) is 19.0 Å². The molecule has 0 aromatic heterocycles. The summed E-state index contributed by atoms with van der Waals surface area (Å²) in [6, 6.07) is -1.74. The number of carboxylic acids is 1. The molecular formula is C16H31N5O5. The number of carbonyl (C=O) groups excluding carboxylic acids is 3. The van der Waals surface area contributed by atoms with Crippen LogP contribution in [0.15, 0.2) is 0 Å². The molecular weight excluding hydrogens is 342 g/mol. The van der Waals surface area contributed by atoms with Crippen LogP contribution in [0.3, 0.4) is 0 Å². The highest BCUT2D eigenvalue weighted by atomic mass is 16.4. The van der Waals surface area contributed by atoms with Crippen LogP contribution < -0.4 is 27.4 Å². The SMILES string of the molecule is CCC(C)C(NC(=O)CNC(=O)CNC(=O)C(N)CCCCN)C(=O)O. The van der Waals surface area contributed by atoms with Crippen molar-refractivity contribution in [2.24, 2.45) is 17.4 Å². The number of carboxylic acid groups (broad SMARTS) is 1. The lowest BCUT2D eigenvalue weighted by Crippen LogP contribution is -2.50. The van der Waals surface area contributed by atoms with E-state index in [0.29, 0.717) is 19.4 Å². The van der Waals surface area contributed by atoms with Gasteiger partial charge in [-0.05, 0) is 25.3 Å². The molecule has 0 fully saturated rings. The number of nitrogens with one attached hydrogen (secondary N) is 3. The molecule has 0 heterocycles. The van der Waals surface area contributed by atoms with Gasteiger partial charge in [0.25, 0.3) is 0 Å². The van der Waals surface area contributed by atoms with E-state index >= 15 is 0 Å². The Bertz CT molecular complexity index is 486. The van der Waals surface area contributed by atoms with E-state index in [9.17, 15) is 19.2 Å². The molecule has 0 rings (SSSR count). The molecule has 3 amide bonds. The normalized spacial score (nSPS) is 14.0. The van der Waals surface area contributed by atoms with E-state index in [1.165, 1.54) is 0 Å². The van der Waals surface area contributed by atoms with E-state index < -0.39 is 35.8 Å². The fourth-order valence-corrected chi connectivity index (χ4v) is 2.09. The van der Waals surface area contributed by atoms with Crippen molar-refractivity contribution in [1.29, 1.82) is 0 Å². The second-order valence-electron chi connectivity index (χ2n) is 6.15. The molecule has 0 aliphatic rings. The van der Waals surface area contributed by atoms with Crippen LogP contribution in [-0.4, -0.2) is 60.5 Å². The van der Waals surface area contributed by atoms with Gasteiger partial charge in [-0.1, -0.05) is 26.7 Å². The Morgan fingerprint density at radius 2 is 1.65 bits per heavy atom. The predicted molar refractivity (Wildman–Crippen MR) is 95.9 cm³/mol. The molecule has 3 atom stereocenters. The van der Waals surface area contributed by atoms with Crippen molar-refractivity contribution >= 4 is 23.7 Å².